The Bertz CT molecular complexity index is 6290. The Morgan fingerprint density at radius 3 is 0.467 bits per heavy atom. The molecule has 0 unspecified atom stereocenters. The molecule has 0 saturated heterocycles. The molecule has 1 N–H and O–H groups in total. The molecule has 0 atom stereocenters. The summed E-state index contributed by atoms with van der Waals surface area (Å²) >= 11 is 0. The number of fused-ring (bicyclic) bond motifs is 22. The molecule has 9 heteroatoms. The second kappa shape index (κ2) is 22.8. The van der Waals surface area contributed by atoms with Crippen LogP contribution in [0.2, 0.25) is 0 Å². The number of benzene rings is 20. The molecule has 22 rings (SSSR count). The van der Waals surface area contributed by atoms with Gasteiger partial charge in [0, 0.05) is 66.8 Å². The Morgan fingerprint density at radius 2 is 0.305 bits per heavy atom. The smallest absolute Gasteiger partial charge is 0.403 e. The number of nitrogens with one attached hydrogen (secondary N) is 1. The lowest BCUT2D eigenvalue weighted by atomic mass is 9.83. The molecule has 20 aromatic rings. The van der Waals surface area contributed by atoms with Gasteiger partial charge in [0.2, 0.25) is 0 Å². The van der Waals surface area contributed by atoms with Gasteiger partial charge in [0.15, 0.2) is 0 Å². The Morgan fingerprint density at radius 1 is 0.171 bits per heavy atom. The van der Waals surface area contributed by atoms with E-state index in [0.29, 0.717) is 44.5 Å². The molecular formula is C96H57NO6P2. The second-order valence-corrected chi connectivity index (χ2v) is 31.2. The third-order valence-corrected chi connectivity index (χ3v) is 25.4. The van der Waals surface area contributed by atoms with E-state index in [1.54, 1.807) is 0 Å². The van der Waals surface area contributed by atoms with Gasteiger partial charge in [-0.05, 0) is 178 Å². The van der Waals surface area contributed by atoms with Crippen LogP contribution in [-0.4, -0.2) is 0 Å². The highest BCUT2D eigenvalue weighted by Crippen LogP contribution is 2.70. The van der Waals surface area contributed by atoms with Crippen LogP contribution in [0.15, 0.2) is 340 Å². The van der Waals surface area contributed by atoms with Gasteiger partial charge in [-0.15, -0.1) is 0 Å². The summed E-state index contributed by atoms with van der Waals surface area (Å²) in [5.74, 6) is 1.000. The van der Waals surface area contributed by atoms with Crippen molar-refractivity contribution in [2.45, 2.75) is 0 Å². The molecule has 0 saturated carbocycles. The summed E-state index contributed by atoms with van der Waals surface area (Å²) in [6.45, 7) is 0. The molecule has 2 aliphatic heterocycles. The van der Waals surface area contributed by atoms with Crippen molar-refractivity contribution < 1.29 is 27.2 Å². The second-order valence-electron chi connectivity index (χ2n) is 27.6. The molecule has 2 aliphatic rings. The highest BCUT2D eigenvalue weighted by Gasteiger charge is 2.50. The van der Waals surface area contributed by atoms with Gasteiger partial charge in [0.1, 0.15) is 23.0 Å². The van der Waals surface area contributed by atoms with Crippen molar-refractivity contribution in [3.63, 3.8) is 0 Å². The Balaban J connectivity index is 0.897. The fourth-order valence-corrected chi connectivity index (χ4v) is 21.0. The van der Waals surface area contributed by atoms with Crippen LogP contribution in [0, 0.1) is 0 Å². The first kappa shape index (κ1) is 59.8. The van der Waals surface area contributed by atoms with Crippen LogP contribution in [0.4, 0.5) is 0 Å². The van der Waals surface area contributed by atoms with E-state index in [-0.39, 0.29) is 23.0 Å². The maximum absolute atomic E-state index is 18.6. The number of hydrogen-bond acceptors (Lipinski definition) is 6. The van der Waals surface area contributed by atoms with Crippen LogP contribution >= 0.6 is 15.5 Å². The van der Waals surface area contributed by atoms with Gasteiger partial charge in [-0.25, -0.2) is 9.13 Å². The molecule has 0 aliphatic carbocycles. The summed E-state index contributed by atoms with van der Waals surface area (Å²) in [6.07, 6.45) is 0. The van der Waals surface area contributed by atoms with E-state index in [9.17, 15) is 0 Å². The van der Waals surface area contributed by atoms with Gasteiger partial charge in [-0.2, -0.15) is 0 Å². The lowest BCUT2D eigenvalue weighted by Crippen LogP contribution is -2.21. The summed E-state index contributed by atoms with van der Waals surface area (Å²) in [5, 5.41) is 22.5. The Kier molecular flexibility index (Phi) is 13.0. The topological polar surface area (TPSA) is 83.1 Å². The van der Waals surface area contributed by atoms with Crippen molar-refractivity contribution in [2.24, 2.45) is 0 Å². The van der Waals surface area contributed by atoms with Crippen LogP contribution in [-0.2, 0) is 9.13 Å². The van der Waals surface area contributed by atoms with Crippen molar-refractivity contribution >= 4 is 145 Å². The normalized spacial score (nSPS) is 13.7. The fraction of sp³-hybridized carbons (Fsp3) is 0. The van der Waals surface area contributed by atoms with Gasteiger partial charge in [-0.1, -0.05) is 296 Å². The fourth-order valence-electron chi connectivity index (χ4n) is 17.4. The maximum Gasteiger partial charge on any atom is 0.524 e. The molecule has 0 fully saturated rings. The summed E-state index contributed by atoms with van der Waals surface area (Å²) in [6, 6.07) is 118. The van der Waals surface area contributed by atoms with E-state index >= 15 is 9.13 Å². The predicted octanol–water partition coefficient (Wildman–Crippen LogP) is 27.6. The van der Waals surface area contributed by atoms with Gasteiger partial charge >= 0.3 is 15.5 Å². The zero-order valence-electron chi connectivity index (χ0n) is 56.2. The monoisotopic (exact) mass is 1380 g/mol. The third kappa shape index (κ3) is 9.16. The highest BCUT2D eigenvalue weighted by molar-refractivity contribution is 7.68. The molecular weight excluding hydrogens is 1330 g/mol. The number of hydrogen-bond donors (Lipinski definition) is 1. The average molecular weight is 1380 g/mol. The number of rotatable bonds is 6. The standard InChI is InChI=1S/C96H57NO6P2/c98-104(100-93-81(85-69-37-13-1-25-57(69)49-58-26-2-14-38-70(58)85)53-65-33-9-21-45-77(65)89(93)90-78-46-22-10-34-66(78)54-82(94(90)101-104)86-71-39-15-3-27-59(71)50-60-28-4-16-40-72(60)86)97-105(99)102-95-83(87-73-41-17-5-29-61(73)51-62-30-6-18-42-74(62)87)55-67-35-11-23-47-79(67)91(95)92-80-48-24-12-36-68(80)56-84(96(92)103-105)88-75-43-19-7-31-63(75)52-64-32-8-20-44-76(64)88/h1-56H,(H,97,98,99). The summed E-state index contributed by atoms with van der Waals surface area (Å²) in [4.78, 5) is 3.28. The molecule has 0 amide bonds. The van der Waals surface area contributed by atoms with Crippen LogP contribution in [0.3, 0.4) is 0 Å². The minimum absolute atomic E-state index is 0.250. The first-order chi connectivity index (χ1) is 51.8. The van der Waals surface area contributed by atoms with Crippen LogP contribution < -0.4 is 23.0 Å². The largest absolute Gasteiger partial charge is 0.524 e. The molecule has 20 aromatic carbocycles. The maximum atomic E-state index is 18.6. The van der Waals surface area contributed by atoms with E-state index in [0.717, 1.165) is 152 Å². The van der Waals surface area contributed by atoms with Gasteiger partial charge in [-0.3, -0.25) is 0 Å². The Labute approximate surface area is 602 Å². The molecule has 0 radical (unpaired) electrons. The molecule has 7 nitrogen and oxygen atoms in total. The quantitative estimate of drug-likeness (QED) is 0.131. The predicted molar refractivity (Wildman–Crippen MR) is 436 cm³/mol. The van der Waals surface area contributed by atoms with Crippen LogP contribution in [0.5, 0.6) is 23.0 Å². The lowest BCUT2D eigenvalue weighted by molar-refractivity contribution is 0.359. The van der Waals surface area contributed by atoms with Crippen molar-refractivity contribution in [2.75, 3.05) is 0 Å². The minimum atomic E-state index is -5.38. The van der Waals surface area contributed by atoms with Crippen molar-refractivity contribution in [3.05, 3.63) is 340 Å². The lowest BCUT2D eigenvalue weighted by Gasteiger charge is -2.27. The molecule has 2 heterocycles. The summed E-state index contributed by atoms with van der Waals surface area (Å²) in [7, 11) is -10.8. The molecule has 105 heavy (non-hydrogen) atoms. The van der Waals surface area contributed by atoms with E-state index in [4.69, 9.17) is 18.1 Å². The first-order valence-electron chi connectivity index (χ1n) is 35.4. The highest BCUT2D eigenvalue weighted by atomic mass is 31.3. The van der Waals surface area contributed by atoms with Gasteiger partial charge in [0.05, 0.1) is 0 Å². The minimum Gasteiger partial charge on any atom is -0.403 e. The average Bonchev–Trinajstić information content (AvgIpc) is 1.67. The molecule has 0 spiro atoms. The summed E-state index contributed by atoms with van der Waals surface area (Å²) in [5.41, 5.74) is 8.56. The molecule has 0 bridgehead atoms. The van der Waals surface area contributed by atoms with Crippen LogP contribution in [0.25, 0.3) is 196 Å². The van der Waals surface area contributed by atoms with Crippen molar-refractivity contribution in [3.8, 4) is 89.8 Å². The van der Waals surface area contributed by atoms with Gasteiger partial charge in [0.25, 0.3) is 0 Å². The van der Waals surface area contributed by atoms with Crippen molar-refractivity contribution in [1.82, 2.24) is 4.86 Å². The van der Waals surface area contributed by atoms with E-state index < -0.39 is 15.5 Å². The zero-order valence-corrected chi connectivity index (χ0v) is 58.0. The van der Waals surface area contributed by atoms with E-state index in [1.807, 2.05) is 24.3 Å². The van der Waals surface area contributed by atoms with Gasteiger partial charge < -0.3 is 18.1 Å². The zero-order chi connectivity index (χ0) is 69.2. The molecule has 0 aromatic heterocycles. The van der Waals surface area contributed by atoms with Crippen LogP contribution in [0.1, 0.15) is 0 Å². The van der Waals surface area contributed by atoms with Crippen molar-refractivity contribution in [1.29, 1.82) is 0 Å². The van der Waals surface area contributed by atoms with E-state index in [1.165, 1.54) is 0 Å². The molecule has 492 valence electrons. The Hall–Kier alpha value is -12.9. The first-order valence-corrected chi connectivity index (χ1v) is 38.5. The summed E-state index contributed by atoms with van der Waals surface area (Å²) < 4.78 is 68.5. The SMILES string of the molecule is O=P1(NP2(=O)Oc3c(-c4c5ccccc5cc5ccccc45)cc4ccccc4c3-c3c(c(-c4c5ccccc5cc5ccccc45)cc4ccccc34)O2)Oc2c(-c3c4ccccc4cc4ccccc34)cc3ccccc3c2-c2c(c(-c3c4ccccc4cc4ccccc34)cc3ccccc23)O1. The van der Waals surface area contributed by atoms with E-state index in [2.05, 4.69) is 320 Å². The third-order valence-electron chi connectivity index (χ3n) is 21.8.